The van der Waals surface area contributed by atoms with Gasteiger partial charge in [-0.05, 0) is 24.3 Å². The molecule has 2 aromatic carbocycles. The lowest BCUT2D eigenvalue weighted by atomic mass is 9.97. The Labute approximate surface area is 149 Å². The Balaban J connectivity index is 2.57. The first-order valence-electron chi connectivity index (χ1n) is 7.56. The summed E-state index contributed by atoms with van der Waals surface area (Å²) < 4.78 is 14.7. The van der Waals surface area contributed by atoms with Crippen molar-refractivity contribution < 1.29 is 33.4 Å². The SMILES string of the molecule is COC(=O)c1ccccc1C(=O)c1cc(OC(C)=O)ccc1OC(C)=O. The van der Waals surface area contributed by atoms with Crippen LogP contribution < -0.4 is 9.47 Å². The molecular formula is C19H16O7. The normalized spacial score (nSPS) is 9.96. The number of methoxy groups -OCH3 is 1. The standard InChI is InChI=1S/C19H16O7/c1-11(20)25-13-8-9-17(26-12(2)21)16(10-13)18(22)14-6-4-5-7-15(14)19(23)24-3/h4-10H,1-3H3. The van der Waals surface area contributed by atoms with Crippen molar-refractivity contribution in [3.8, 4) is 11.5 Å². The molecular weight excluding hydrogens is 340 g/mol. The molecule has 0 radical (unpaired) electrons. The fourth-order valence-corrected chi connectivity index (χ4v) is 2.27. The molecule has 0 heterocycles. The van der Waals surface area contributed by atoms with Crippen molar-refractivity contribution in [3.63, 3.8) is 0 Å². The Morgan fingerprint density at radius 1 is 0.769 bits per heavy atom. The molecule has 2 rings (SSSR count). The van der Waals surface area contributed by atoms with E-state index in [-0.39, 0.29) is 28.2 Å². The zero-order chi connectivity index (χ0) is 19.3. The topological polar surface area (TPSA) is 96.0 Å². The first-order chi connectivity index (χ1) is 12.3. The van der Waals surface area contributed by atoms with Gasteiger partial charge in [-0.1, -0.05) is 18.2 Å². The number of rotatable bonds is 5. The van der Waals surface area contributed by atoms with Crippen LogP contribution in [0.25, 0.3) is 0 Å². The summed E-state index contributed by atoms with van der Waals surface area (Å²) in [5, 5.41) is 0. The monoisotopic (exact) mass is 356 g/mol. The van der Waals surface area contributed by atoms with Gasteiger partial charge in [0.25, 0.3) is 0 Å². The molecule has 0 N–H and O–H groups in total. The van der Waals surface area contributed by atoms with E-state index >= 15 is 0 Å². The molecule has 0 atom stereocenters. The Kier molecular flexibility index (Phi) is 5.85. The highest BCUT2D eigenvalue weighted by Crippen LogP contribution is 2.28. The molecule has 0 aliphatic heterocycles. The van der Waals surface area contributed by atoms with E-state index in [0.717, 1.165) is 0 Å². The van der Waals surface area contributed by atoms with E-state index in [0.29, 0.717) is 0 Å². The molecule has 7 nitrogen and oxygen atoms in total. The molecule has 0 saturated heterocycles. The number of carbonyl (C=O) groups is 4. The number of benzene rings is 2. The lowest BCUT2D eigenvalue weighted by Crippen LogP contribution is -2.14. The van der Waals surface area contributed by atoms with Gasteiger partial charge in [-0.15, -0.1) is 0 Å². The minimum Gasteiger partial charge on any atom is -0.465 e. The first kappa shape index (κ1) is 18.9. The third-order valence-corrected chi connectivity index (χ3v) is 3.29. The third-order valence-electron chi connectivity index (χ3n) is 3.29. The van der Waals surface area contributed by atoms with E-state index in [4.69, 9.17) is 9.47 Å². The van der Waals surface area contributed by atoms with Crippen molar-refractivity contribution in [3.05, 3.63) is 59.2 Å². The van der Waals surface area contributed by atoms with Crippen LogP contribution in [0.5, 0.6) is 11.5 Å². The highest BCUT2D eigenvalue weighted by atomic mass is 16.5. The van der Waals surface area contributed by atoms with Crippen LogP contribution in [0.1, 0.15) is 40.1 Å². The smallest absolute Gasteiger partial charge is 0.338 e. The fourth-order valence-electron chi connectivity index (χ4n) is 2.27. The van der Waals surface area contributed by atoms with Gasteiger partial charge in [0.05, 0.1) is 18.2 Å². The van der Waals surface area contributed by atoms with E-state index in [1.807, 2.05) is 0 Å². The van der Waals surface area contributed by atoms with Gasteiger partial charge < -0.3 is 14.2 Å². The van der Waals surface area contributed by atoms with Gasteiger partial charge in [-0.25, -0.2) is 4.79 Å². The van der Waals surface area contributed by atoms with Gasteiger partial charge >= 0.3 is 17.9 Å². The van der Waals surface area contributed by atoms with Gasteiger partial charge in [0.1, 0.15) is 11.5 Å². The molecule has 0 aliphatic carbocycles. The Morgan fingerprint density at radius 2 is 1.38 bits per heavy atom. The van der Waals surface area contributed by atoms with Gasteiger partial charge in [0, 0.05) is 19.4 Å². The molecule has 0 unspecified atom stereocenters. The molecule has 2 aromatic rings. The molecule has 0 amide bonds. The molecule has 134 valence electrons. The van der Waals surface area contributed by atoms with Gasteiger partial charge in [0.2, 0.25) is 0 Å². The van der Waals surface area contributed by atoms with E-state index in [1.54, 1.807) is 12.1 Å². The van der Waals surface area contributed by atoms with Crippen molar-refractivity contribution in [2.75, 3.05) is 7.11 Å². The second-order valence-corrected chi connectivity index (χ2v) is 5.21. The predicted molar refractivity (Wildman–Crippen MR) is 90.3 cm³/mol. The van der Waals surface area contributed by atoms with Gasteiger partial charge in [-0.2, -0.15) is 0 Å². The van der Waals surface area contributed by atoms with Crippen LogP contribution in [0.3, 0.4) is 0 Å². The Morgan fingerprint density at radius 3 is 1.96 bits per heavy atom. The van der Waals surface area contributed by atoms with E-state index in [9.17, 15) is 19.2 Å². The predicted octanol–water partition coefficient (Wildman–Crippen LogP) is 2.55. The summed E-state index contributed by atoms with van der Waals surface area (Å²) in [5.41, 5.74) is 0.0923. The summed E-state index contributed by atoms with van der Waals surface area (Å²) >= 11 is 0. The van der Waals surface area contributed by atoms with Crippen molar-refractivity contribution in [1.29, 1.82) is 0 Å². The summed E-state index contributed by atoms with van der Waals surface area (Å²) in [5.74, 6) is -2.38. The summed E-state index contributed by atoms with van der Waals surface area (Å²) in [6.07, 6.45) is 0. The highest BCUT2D eigenvalue weighted by Gasteiger charge is 2.23. The van der Waals surface area contributed by atoms with Crippen molar-refractivity contribution in [2.24, 2.45) is 0 Å². The molecule has 7 heteroatoms. The number of hydrogen-bond donors (Lipinski definition) is 0. The summed E-state index contributed by atoms with van der Waals surface area (Å²) in [4.78, 5) is 47.4. The molecule has 0 saturated carbocycles. The van der Waals surface area contributed by atoms with Crippen molar-refractivity contribution in [2.45, 2.75) is 13.8 Å². The molecule has 0 bridgehead atoms. The number of carbonyl (C=O) groups excluding carboxylic acids is 4. The van der Waals surface area contributed by atoms with Crippen LogP contribution >= 0.6 is 0 Å². The highest BCUT2D eigenvalue weighted by molar-refractivity contribution is 6.16. The first-order valence-corrected chi connectivity index (χ1v) is 7.56. The quantitative estimate of drug-likeness (QED) is 0.461. The number of ketones is 1. The maximum atomic E-state index is 13.0. The minimum absolute atomic E-state index is 0.0157. The molecule has 26 heavy (non-hydrogen) atoms. The maximum absolute atomic E-state index is 13.0. The van der Waals surface area contributed by atoms with Crippen molar-refractivity contribution >= 4 is 23.7 Å². The Hall–Kier alpha value is -3.48. The lowest BCUT2D eigenvalue weighted by molar-refractivity contribution is -0.133. The van der Waals surface area contributed by atoms with E-state index < -0.39 is 23.7 Å². The second-order valence-electron chi connectivity index (χ2n) is 5.21. The third kappa shape index (κ3) is 4.32. The van der Waals surface area contributed by atoms with Crippen LogP contribution in [0, 0.1) is 0 Å². The van der Waals surface area contributed by atoms with Crippen molar-refractivity contribution in [1.82, 2.24) is 0 Å². The summed E-state index contributed by atoms with van der Waals surface area (Å²) in [7, 11) is 1.20. The average Bonchev–Trinajstić information content (AvgIpc) is 2.61. The van der Waals surface area contributed by atoms with E-state index in [1.165, 1.54) is 51.3 Å². The lowest BCUT2D eigenvalue weighted by Gasteiger charge is -2.12. The second kappa shape index (κ2) is 8.06. The molecule has 0 aromatic heterocycles. The largest absolute Gasteiger partial charge is 0.465 e. The average molecular weight is 356 g/mol. The maximum Gasteiger partial charge on any atom is 0.338 e. The number of hydrogen-bond acceptors (Lipinski definition) is 7. The summed E-state index contributed by atoms with van der Waals surface area (Å²) in [6.45, 7) is 2.41. The van der Waals surface area contributed by atoms with Crippen LogP contribution in [0.4, 0.5) is 0 Å². The zero-order valence-corrected chi connectivity index (χ0v) is 14.4. The van der Waals surface area contributed by atoms with E-state index in [2.05, 4.69) is 4.74 Å². The minimum atomic E-state index is -0.681. The number of esters is 3. The molecule has 0 spiro atoms. The molecule has 0 fully saturated rings. The van der Waals surface area contributed by atoms with Gasteiger partial charge in [0.15, 0.2) is 5.78 Å². The Bertz CT molecular complexity index is 883. The van der Waals surface area contributed by atoms with Gasteiger partial charge in [-0.3, -0.25) is 14.4 Å². The van der Waals surface area contributed by atoms with Crippen LogP contribution in [0.15, 0.2) is 42.5 Å². The molecule has 0 aliphatic rings. The summed E-state index contributed by atoms with van der Waals surface area (Å²) in [6, 6.07) is 10.1. The zero-order valence-electron chi connectivity index (χ0n) is 14.4. The van der Waals surface area contributed by atoms with Crippen LogP contribution in [-0.2, 0) is 14.3 Å². The fraction of sp³-hybridized carbons (Fsp3) is 0.158. The van der Waals surface area contributed by atoms with Crippen LogP contribution in [0.2, 0.25) is 0 Å². The van der Waals surface area contributed by atoms with Crippen LogP contribution in [-0.4, -0.2) is 30.8 Å². The number of ether oxygens (including phenoxy) is 3.